The van der Waals surface area contributed by atoms with Crippen LogP contribution in [-0.2, 0) is 0 Å². The fraction of sp³-hybridized carbons (Fsp3) is 0.588. The number of amides is 1. The molecule has 3 N–H and O–H groups in total. The van der Waals surface area contributed by atoms with Gasteiger partial charge in [-0.3, -0.25) is 4.79 Å². The van der Waals surface area contributed by atoms with Gasteiger partial charge in [0.25, 0.3) is 5.91 Å². The molecule has 1 aromatic carbocycles. The van der Waals surface area contributed by atoms with Gasteiger partial charge >= 0.3 is 0 Å². The van der Waals surface area contributed by atoms with Crippen LogP contribution in [0.15, 0.2) is 18.2 Å². The first-order valence-corrected chi connectivity index (χ1v) is 7.60. The number of nitrogens with one attached hydrogen (secondary N) is 1. The third-order valence-corrected chi connectivity index (χ3v) is 3.89. The summed E-state index contributed by atoms with van der Waals surface area (Å²) >= 11 is 0. The van der Waals surface area contributed by atoms with Crippen molar-refractivity contribution in [2.45, 2.75) is 46.3 Å². The molecule has 0 radical (unpaired) electrons. The molecule has 22 heavy (non-hydrogen) atoms. The van der Waals surface area contributed by atoms with E-state index in [0.717, 1.165) is 0 Å². The van der Waals surface area contributed by atoms with Crippen LogP contribution in [0.4, 0.5) is 0 Å². The number of hydrogen-bond donors (Lipinski definition) is 2. The van der Waals surface area contributed by atoms with Crippen LogP contribution in [0.5, 0.6) is 11.5 Å². The minimum absolute atomic E-state index is 0.0371. The van der Waals surface area contributed by atoms with E-state index >= 15 is 0 Å². The summed E-state index contributed by atoms with van der Waals surface area (Å²) in [5.41, 5.74) is 5.88. The number of ether oxygens (including phenoxy) is 2. The lowest BCUT2D eigenvalue weighted by molar-refractivity contribution is 0.0883. The van der Waals surface area contributed by atoms with Crippen molar-refractivity contribution in [3.63, 3.8) is 0 Å². The molecule has 1 atom stereocenters. The zero-order valence-electron chi connectivity index (χ0n) is 14.4. The minimum atomic E-state index is -0.447. The molecule has 0 saturated heterocycles. The predicted molar refractivity (Wildman–Crippen MR) is 88.5 cm³/mol. The Morgan fingerprint density at radius 3 is 2.36 bits per heavy atom. The minimum Gasteiger partial charge on any atom is -0.493 e. The van der Waals surface area contributed by atoms with E-state index in [4.69, 9.17) is 15.2 Å². The van der Waals surface area contributed by atoms with E-state index in [2.05, 4.69) is 5.32 Å². The quantitative estimate of drug-likeness (QED) is 0.812. The van der Waals surface area contributed by atoms with Gasteiger partial charge in [-0.15, -0.1) is 0 Å². The van der Waals surface area contributed by atoms with Crippen LogP contribution < -0.4 is 20.5 Å². The molecule has 0 bridgehead atoms. The van der Waals surface area contributed by atoms with Gasteiger partial charge in [-0.05, 0) is 44.9 Å². The first-order chi connectivity index (χ1) is 10.2. The van der Waals surface area contributed by atoms with Crippen molar-refractivity contribution in [3.05, 3.63) is 23.8 Å². The Hall–Kier alpha value is -1.75. The number of rotatable bonds is 7. The zero-order chi connectivity index (χ0) is 16.9. The fourth-order valence-corrected chi connectivity index (χ4v) is 1.92. The lowest BCUT2D eigenvalue weighted by atomic mass is 9.88. The number of hydrogen-bond acceptors (Lipinski definition) is 4. The molecule has 0 aromatic heterocycles. The molecule has 0 heterocycles. The van der Waals surface area contributed by atoms with E-state index in [0.29, 0.717) is 23.6 Å². The monoisotopic (exact) mass is 308 g/mol. The second kappa shape index (κ2) is 7.49. The summed E-state index contributed by atoms with van der Waals surface area (Å²) in [4.78, 5) is 12.5. The van der Waals surface area contributed by atoms with Crippen molar-refractivity contribution >= 4 is 5.91 Å². The van der Waals surface area contributed by atoms with Gasteiger partial charge in [0.05, 0.1) is 18.8 Å². The molecule has 0 aliphatic rings. The molecular weight excluding hydrogens is 280 g/mol. The van der Waals surface area contributed by atoms with E-state index in [1.54, 1.807) is 25.3 Å². The first-order valence-electron chi connectivity index (χ1n) is 7.60. The summed E-state index contributed by atoms with van der Waals surface area (Å²) in [6, 6.07) is 5.17. The third kappa shape index (κ3) is 4.37. The molecule has 1 unspecified atom stereocenters. The van der Waals surface area contributed by atoms with Gasteiger partial charge in [-0.25, -0.2) is 0 Å². The molecule has 1 aromatic rings. The molecular formula is C17H28N2O3. The smallest absolute Gasteiger partial charge is 0.251 e. The Balaban J connectivity index is 3.00. The Morgan fingerprint density at radius 2 is 1.91 bits per heavy atom. The normalized spacial score (nSPS) is 13.9. The molecule has 1 rings (SSSR count). The van der Waals surface area contributed by atoms with E-state index in [1.165, 1.54) is 0 Å². The van der Waals surface area contributed by atoms with E-state index in [-0.39, 0.29) is 17.9 Å². The SMILES string of the molecule is COc1cc(C(=O)NC(C)(CN)C(C)C)ccc1OC(C)C. The van der Waals surface area contributed by atoms with Crippen LogP contribution >= 0.6 is 0 Å². The van der Waals surface area contributed by atoms with Gasteiger partial charge in [0, 0.05) is 12.1 Å². The highest BCUT2D eigenvalue weighted by Gasteiger charge is 2.29. The third-order valence-electron chi connectivity index (χ3n) is 3.89. The van der Waals surface area contributed by atoms with Crippen LogP contribution in [0.25, 0.3) is 0 Å². The summed E-state index contributed by atoms with van der Waals surface area (Å²) < 4.78 is 11.0. The standard InChI is InChI=1S/C17H28N2O3/c1-11(2)17(5,10-18)19-16(20)13-7-8-14(22-12(3)4)15(9-13)21-6/h7-9,11-12H,10,18H2,1-6H3,(H,19,20). The molecule has 0 spiro atoms. The van der Waals surface area contributed by atoms with Gasteiger partial charge in [-0.1, -0.05) is 13.8 Å². The maximum Gasteiger partial charge on any atom is 0.251 e. The van der Waals surface area contributed by atoms with Crippen LogP contribution in [0.2, 0.25) is 0 Å². The molecule has 0 saturated carbocycles. The summed E-state index contributed by atoms with van der Waals surface area (Å²) in [6.45, 7) is 10.3. The highest BCUT2D eigenvalue weighted by Crippen LogP contribution is 2.29. The van der Waals surface area contributed by atoms with Crippen LogP contribution in [0, 0.1) is 5.92 Å². The molecule has 0 fully saturated rings. The number of carbonyl (C=O) groups excluding carboxylic acids is 1. The van der Waals surface area contributed by atoms with Gasteiger partial charge in [0.15, 0.2) is 11.5 Å². The van der Waals surface area contributed by atoms with Crippen molar-refractivity contribution in [1.29, 1.82) is 0 Å². The summed E-state index contributed by atoms with van der Waals surface area (Å²) in [5, 5.41) is 3.01. The average Bonchev–Trinajstić information content (AvgIpc) is 2.46. The fourth-order valence-electron chi connectivity index (χ4n) is 1.92. The lowest BCUT2D eigenvalue weighted by Crippen LogP contribution is -2.55. The molecule has 0 aliphatic carbocycles. The number of methoxy groups -OCH3 is 1. The average molecular weight is 308 g/mol. The molecule has 5 heteroatoms. The highest BCUT2D eigenvalue weighted by molar-refractivity contribution is 5.95. The van der Waals surface area contributed by atoms with Crippen LogP contribution in [0.1, 0.15) is 45.0 Å². The number of benzene rings is 1. The van der Waals surface area contributed by atoms with Crippen molar-refractivity contribution in [2.24, 2.45) is 11.7 Å². The zero-order valence-corrected chi connectivity index (χ0v) is 14.4. The van der Waals surface area contributed by atoms with Crippen molar-refractivity contribution in [1.82, 2.24) is 5.32 Å². The maximum atomic E-state index is 12.5. The Morgan fingerprint density at radius 1 is 1.27 bits per heavy atom. The molecule has 124 valence electrons. The van der Waals surface area contributed by atoms with E-state index in [9.17, 15) is 4.79 Å². The van der Waals surface area contributed by atoms with E-state index in [1.807, 2.05) is 34.6 Å². The Bertz CT molecular complexity index is 515. The molecule has 0 aliphatic heterocycles. The highest BCUT2D eigenvalue weighted by atomic mass is 16.5. The lowest BCUT2D eigenvalue weighted by Gasteiger charge is -2.33. The Labute approximate surface area is 133 Å². The summed E-state index contributed by atoms with van der Waals surface area (Å²) in [7, 11) is 1.56. The molecule has 5 nitrogen and oxygen atoms in total. The van der Waals surface area contributed by atoms with Gasteiger partial charge < -0.3 is 20.5 Å². The number of nitrogens with two attached hydrogens (primary N) is 1. The van der Waals surface area contributed by atoms with Gasteiger partial charge in [0.2, 0.25) is 0 Å². The number of carbonyl (C=O) groups is 1. The van der Waals surface area contributed by atoms with E-state index < -0.39 is 5.54 Å². The Kier molecular flexibility index (Phi) is 6.23. The summed E-state index contributed by atoms with van der Waals surface area (Å²) in [5.74, 6) is 1.22. The summed E-state index contributed by atoms with van der Waals surface area (Å²) in [6.07, 6.45) is 0.0371. The largest absolute Gasteiger partial charge is 0.493 e. The predicted octanol–water partition coefficient (Wildman–Crippen LogP) is 2.59. The topological polar surface area (TPSA) is 73.6 Å². The van der Waals surface area contributed by atoms with Crippen molar-refractivity contribution in [3.8, 4) is 11.5 Å². The maximum absolute atomic E-state index is 12.5. The molecule has 1 amide bonds. The van der Waals surface area contributed by atoms with Crippen molar-refractivity contribution in [2.75, 3.05) is 13.7 Å². The van der Waals surface area contributed by atoms with Gasteiger partial charge in [0.1, 0.15) is 0 Å². The van der Waals surface area contributed by atoms with Gasteiger partial charge in [-0.2, -0.15) is 0 Å². The second-order valence-corrected chi connectivity index (χ2v) is 6.26. The first kappa shape index (κ1) is 18.3. The van der Waals surface area contributed by atoms with Crippen LogP contribution in [0.3, 0.4) is 0 Å². The van der Waals surface area contributed by atoms with Crippen molar-refractivity contribution < 1.29 is 14.3 Å². The van der Waals surface area contributed by atoms with Crippen LogP contribution in [-0.4, -0.2) is 31.2 Å². The second-order valence-electron chi connectivity index (χ2n) is 6.26.